The Bertz CT molecular complexity index is 1320. The molecule has 1 aliphatic carbocycles. The summed E-state index contributed by atoms with van der Waals surface area (Å²) in [4.78, 5) is 34.0. The van der Waals surface area contributed by atoms with Crippen LogP contribution >= 0.6 is 0 Å². The number of carboxylic acid groups (broad SMARTS) is 1. The highest BCUT2D eigenvalue weighted by Gasteiger charge is 2.50. The Kier molecular flexibility index (Phi) is 8.28. The van der Waals surface area contributed by atoms with Crippen LogP contribution in [0.25, 0.3) is 0 Å². The van der Waals surface area contributed by atoms with Crippen molar-refractivity contribution in [2.45, 2.75) is 69.0 Å². The molecule has 1 aromatic heterocycles. The van der Waals surface area contributed by atoms with Crippen molar-refractivity contribution in [1.29, 1.82) is 0 Å². The van der Waals surface area contributed by atoms with Gasteiger partial charge in [-0.05, 0) is 68.2 Å². The Hall–Kier alpha value is -3.55. The minimum Gasteiger partial charge on any atom is -0.494 e. The zero-order chi connectivity index (χ0) is 30.1. The van der Waals surface area contributed by atoms with E-state index in [4.69, 9.17) is 9.47 Å². The first-order valence-electron chi connectivity index (χ1n) is 13.9. The predicted octanol–water partition coefficient (Wildman–Crippen LogP) is 5.15. The van der Waals surface area contributed by atoms with E-state index in [9.17, 15) is 36.6 Å². The lowest BCUT2D eigenvalue weighted by Gasteiger charge is -2.37. The van der Waals surface area contributed by atoms with Gasteiger partial charge in [-0.25, -0.2) is 23.5 Å². The number of hydrogen-bond acceptors (Lipinski definition) is 7. The summed E-state index contributed by atoms with van der Waals surface area (Å²) < 4.78 is 80.8. The maximum Gasteiger partial charge on any atom is 0.434 e. The van der Waals surface area contributed by atoms with Crippen molar-refractivity contribution in [2.24, 2.45) is 5.92 Å². The van der Waals surface area contributed by atoms with Crippen LogP contribution < -0.4 is 15.0 Å². The van der Waals surface area contributed by atoms with Gasteiger partial charge in [-0.15, -0.1) is 0 Å². The summed E-state index contributed by atoms with van der Waals surface area (Å²) in [6.07, 6.45) is -3.88. The van der Waals surface area contributed by atoms with Crippen LogP contribution in [0.2, 0.25) is 0 Å². The third kappa shape index (κ3) is 6.42. The zero-order valence-electron chi connectivity index (χ0n) is 22.7. The fourth-order valence-corrected chi connectivity index (χ4v) is 5.66. The smallest absolute Gasteiger partial charge is 0.434 e. The van der Waals surface area contributed by atoms with Gasteiger partial charge in [0.25, 0.3) is 5.91 Å². The molecule has 1 saturated carbocycles. The topological polar surface area (TPSA) is 114 Å². The van der Waals surface area contributed by atoms with Crippen molar-refractivity contribution in [3.8, 4) is 5.75 Å². The maximum atomic E-state index is 14.1. The number of aliphatic carboxylic acids is 1. The molecule has 42 heavy (non-hydrogen) atoms. The normalized spacial score (nSPS) is 20.2. The van der Waals surface area contributed by atoms with Crippen LogP contribution in [0, 0.1) is 5.92 Å². The molecule has 0 radical (unpaired) electrons. The first-order chi connectivity index (χ1) is 19.9. The monoisotopic (exact) mass is 598 g/mol. The van der Waals surface area contributed by atoms with Crippen LogP contribution in [0.1, 0.15) is 66.6 Å². The van der Waals surface area contributed by atoms with E-state index < -0.39 is 66.5 Å². The summed E-state index contributed by atoms with van der Waals surface area (Å²) in [5, 5.41) is 11.7. The number of carbonyl (C=O) groups is 2. The number of nitrogens with zero attached hydrogens (tertiary/aromatic N) is 3. The van der Waals surface area contributed by atoms with Gasteiger partial charge in [-0.2, -0.15) is 13.2 Å². The Labute approximate surface area is 238 Å². The first-order valence-corrected chi connectivity index (χ1v) is 13.9. The van der Waals surface area contributed by atoms with E-state index >= 15 is 0 Å². The molecule has 0 unspecified atom stereocenters. The van der Waals surface area contributed by atoms with Gasteiger partial charge >= 0.3 is 12.1 Å². The van der Waals surface area contributed by atoms with Crippen molar-refractivity contribution in [2.75, 3.05) is 31.3 Å². The molecule has 1 saturated heterocycles. The van der Waals surface area contributed by atoms with Crippen LogP contribution in [-0.2, 0) is 22.1 Å². The molecular weight excluding hydrogens is 567 g/mol. The molecule has 1 amide bonds. The minimum atomic E-state index is -5.08. The second-order valence-electron chi connectivity index (χ2n) is 11.0. The number of aromatic nitrogens is 2. The number of alkyl halides is 5. The number of carboxylic acids is 1. The minimum absolute atomic E-state index is 0.281. The van der Waals surface area contributed by atoms with Gasteiger partial charge in [-0.3, -0.25) is 4.79 Å². The highest BCUT2D eigenvalue weighted by molar-refractivity contribution is 5.98. The highest BCUT2D eigenvalue weighted by Crippen LogP contribution is 2.40. The Morgan fingerprint density at radius 3 is 2.52 bits per heavy atom. The van der Waals surface area contributed by atoms with Crippen LogP contribution in [-0.4, -0.2) is 64.8 Å². The van der Waals surface area contributed by atoms with Crippen molar-refractivity contribution < 1.29 is 46.1 Å². The summed E-state index contributed by atoms with van der Waals surface area (Å²) >= 11 is 0. The van der Waals surface area contributed by atoms with Crippen LogP contribution in [0.3, 0.4) is 0 Å². The van der Waals surface area contributed by atoms with Crippen molar-refractivity contribution in [1.82, 2.24) is 15.3 Å². The van der Waals surface area contributed by atoms with E-state index in [2.05, 4.69) is 15.3 Å². The predicted molar refractivity (Wildman–Crippen MR) is 139 cm³/mol. The second-order valence-corrected chi connectivity index (χ2v) is 11.0. The van der Waals surface area contributed by atoms with Gasteiger partial charge in [0, 0.05) is 44.5 Å². The fourth-order valence-electron chi connectivity index (χ4n) is 5.66. The molecule has 5 rings (SSSR count). The number of anilines is 2. The number of amides is 1. The van der Waals surface area contributed by atoms with Crippen LogP contribution in [0.4, 0.5) is 33.6 Å². The van der Waals surface area contributed by atoms with Gasteiger partial charge in [0.05, 0.1) is 12.2 Å². The van der Waals surface area contributed by atoms with E-state index in [1.807, 2.05) is 6.07 Å². The number of nitrogens with one attached hydrogen (secondary N) is 1. The average Bonchev–Trinajstić information content (AvgIpc) is 3.37. The highest BCUT2D eigenvalue weighted by atomic mass is 19.4. The van der Waals surface area contributed by atoms with Gasteiger partial charge < -0.3 is 24.8 Å². The van der Waals surface area contributed by atoms with Gasteiger partial charge in [0.1, 0.15) is 11.3 Å². The van der Waals surface area contributed by atoms with Crippen molar-refractivity contribution in [3.63, 3.8) is 0 Å². The molecule has 228 valence electrons. The SMILES string of the molecule is O=C(NC1(C(=O)O)CCC(F)(F)CC1)c1cnc(N2CCc3cc(OCCC4CCOCC4)ccc32)nc1C(F)(F)F. The molecule has 2 fully saturated rings. The average molecular weight is 599 g/mol. The molecule has 9 nitrogen and oxygen atoms in total. The van der Waals surface area contributed by atoms with E-state index in [0.717, 1.165) is 38.0 Å². The molecule has 1 aromatic carbocycles. The maximum absolute atomic E-state index is 14.1. The third-order valence-corrected chi connectivity index (χ3v) is 8.21. The largest absolute Gasteiger partial charge is 0.494 e. The number of hydrogen-bond donors (Lipinski definition) is 2. The van der Waals surface area contributed by atoms with Gasteiger partial charge in [0.15, 0.2) is 5.69 Å². The first kappa shape index (κ1) is 29.9. The van der Waals surface area contributed by atoms with E-state index in [1.165, 1.54) is 4.90 Å². The zero-order valence-corrected chi connectivity index (χ0v) is 22.7. The van der Waals surface area contributed by atoms with Gasteiger partial charge in [-0.1, -0.05) is 0 Å². The Morgan fingerprint density at radius 1 is 1.14 bits per heavy atom. The molecule has 3 heterocycles. The van der Waals surface area contributed by atoms with Crippen molar-refractivity contribution in [3.05, 3.63) is 41.2 Å². The fraction of sp³-hybridized carbons (Fsp3) is 0.571. The lowest BCUT2D eigenvalue weighted by molar-refractivity contribution is -0.150. The molecule has 14 heteroatoms. The Morgan fingerprint density at radius 2 is 1.86 bits per heavy atom. The summed E-state index contributed by atoms with van der Waals surface area (Å²) in [6, 6.07) is 5.29. The molecule has 2 aliphatic heterocycles. The summed E-state index contributed by atoms with van der Waals surface area (Å²) in [5.41, 5.74) is -3.22. The molecule has 0 spiro atoms. The number of benzene rings is 1. The summed E-state index contributed by atoms with van der Waals surface area (Å²) in [5.74, 6) is -5.19. The third-order valence-electron chi connectivity index (χ3n) is 8.21. The summed E-state index contributed by atoms with van der Waals surface area (Å²) in [6.45, 7) is 2.35. The number of ether oxygens (including phenoxy) is 2. The molecule has 2 aromatic rings. The molecule has 0 atom stereocenters. The number of fused-ring (bicyclic) bond motifs is 1. The molecule has 3 aliphatic rings. The standard InChI is InChI=1S/C28H31F5N4O5/c29-27(30)9-7-26(8-10-27,24(39)40)36-23(38)20-16-34-25(35-22(20)28(31,32)33)37-11-3-18-15-19(1-2-21(18)37)42-14-6-17-4-12-41-13-5-17/h1-2,15-17H,3-14H2,(H,36,38)(H,39,40). The van der Waals surface area contributed by atoms with Crippen molar-refractivity contribution >= 4 is 23.5 Å². The van der Waals surface area contributed by atoms with E-state index in [0.29, 0.717) is 43.1 Å². The molecular formula is C28H31F5N4O5. The quantitative estimate of drug-likeness (QED) is 0.402. The van der Waals surface area contributed by atoms with Crippen LogP contribution in [0.15, 0.2) is 24.4 Å². The summed E-state index contributed by atoms with van der Waals surface area (Å²) in [7, 11) is 0. The van der Waals surface area contributed by atoms with Gasteiger partial charge in [0.2, 0.25) is 11.9 Å². The number of rotatable bonds is 8. The number of halogens is 5. The molecule has 0 bridgehead atoms. The lowest BCUT2D eigenvalue weighted by atomic mass is 9.79. The van der Waals surface area contributed by atoms with E-state index in [1.54, 1.807) is 12.1 Å². The van der Waals surface area contributed by atoms with E-state index in [-0.39, 0.29) is 5.95 Å². The Balaban J connectivity index is 1.32. The number of carbonyl (C=O) groups excluding carboxylic acids is 1. The second kappa shape index (κ2) is 11.6. The van der Waals surface area contributed by atoms with Crippen LogP contribution in [0.5, 0.6) is 5.75 Å². The molecule has 2 N–H and O–H groups in total. The lowest BCUT2D eigenvalue weighted by Crippen LogP contribution is -2.57.